The fraction of sp³-hybridized carbons (Fsp3) is 0.438. The number of benzene rings is 1. The van der Waals surface area contributed by atoms with Crippen LogP contribution in [0.5, 0.6) is 5.75 Å². The van der Waals surface area contributed by atoms with E-state index in [-0.39, 0.29) is 5.91 Å². The SMILES string of the molecule is COc1ccc2c(c1)c1c(n2CCC(=O)NN)CCN(C)C1. The monoisotopic (exact) mass is 302 g/mol. The number of fused-ring (bicyclic) bond motifs is 3. The Balaban J connectivity index is 2.08. The van der Waals surface area contributed by atoms with Crippen LogP contribution >= 0.6 is 0 Å². The van der Waals surface area contributed by atoms with Crippen molar-refractivity contribution in [2.24, 2.45) is 5.84 Å². The van der Waals surface area contributed by atoms with Crippen LogP contribution in [-0.4, -0.2) is 36.1 Å². The summed E-state index contributed by atoms with van der Waals surface area (Å²) in [5.41, 5.74) is 6.03. The summed E-state index contributed by atoms with van der Waals surface area (Å²) in [6, 6.07) is 6.14. The van der Waals surface area contributed by atoms with Crippen molar-refractivity contribution in [2.75, 3.05) is 20.7 Å². The number of rotatable bonds is 4. The number of nitrogens with zero attached hydrogens (tertiary/aromatic N) is 2. The number of nitrogens with two attached hydrogens (primary N) is 1. The Morgan fingerprint density at radius 1 is 1.45 bits per heavy atom. The van der Waals surface area contributed by atoms with Gasteiger partial charge in [0, 0.05) is 49.1 Å². The third kappa shape index (κ3) is 2.55. The molecule has 6 heteroatoms. The molecular weight excluding hydrogens is 280 g/mol. The number of amides is 1. The van der Waals surface area contributed by atoms with E-state index < -0.39 is 0 Å². The minimum absolute atomic E-state index is 0.142. The van der Waals surface area contributed by atoms with Crippen LogP contribution in [0.3, 0.4) is 0 Å². The largest absolute Gasteiger partial charge is 0.497 e. The molecule has 0 bridgehead atoms. The van der Waals surface area contributed by atoms with Gasteiger partial charge in [0.1, 0.15) is 5.75 Å². The molecule has 6 nitrogen and oxygen atoms in total. The molecule has 0 saturated heterocycles. The molecule has 0 spiro atoms. The number of carbonyl (C=O) groups excluding carboxylic acids is 1. The molecule has 2 aromatic rings. The molecule has 1 aliphatic heterocycles. The van der Waals surface area contributed by atoms with Gasteiger partial charge >= 0.3 is 0 Å². The minimum Gasteiger partial charge on any atom is -0.497 e. The van der Waals surface area contributed by atoms with Crippen molar-refractivity contribution in [1.82, 2.24) is 14.9 Å². The summed E-state index contributed by atoms with van der Waals surface area (Å²) in [6.07, 6.45) is 1.38. The van der Waals surface area contributed by atoms with Crippen molar-refractivity contribution in [1.29, 1.82) is 0 Å². The van der Waals surface area contributed by atoms with E-state index >= 15 is 0 Å². The first-order valence-electron chi connectivity index (χ1n) is 7.50. The highest BCUT2D eigenvalue weighted by molar-refractivity contribution is 5.87. The van der Waals surface area contributed by atoms with E-state index in [0.717, 1.165) is 30.8 Å². The molecule has 0 saturated carbocycles. The average Bonchev–Trinajstić information content (AvgIpc) is 2.84. The zero-order chi connectivity index (χ0) is 15.7. The molecule has 0 unspecified atom stereocenters. The summed E-state index contributed by atoms with van der Waals surface area (Å²) < 4.78 is 7.62. The Morgan fingerprint density at radius 2 is 2.27 bits per heavy atom. The number of aromatic nitrogens is 1. The second-order valence-electron chi connectivity index (χ2n) is 5.77. The lowest BCUT2D eigenvalue weighted by atomic mass is 10.0. The Labute approximate surface area is 129 Å². The molecule has 1 aromatic heterocycles. The molecule has 118 valence electrons. The maximum atomic E-state index is 11.5. The summed E-state index contributed by atoms with van der Waals surface area (Å²) in [5, 5.41) is 1.22. The number of nitrogens with one attached hydrogen (secondary N) is 1. The van der Waals surface area contributed by atoms with Crippen molar-refractivity contribution in [2.45, 2.75) is 25.9 Å². The maximum Gasteiger partial charge on any atom is 0.235 e. The molecule has 0 radical (unpaired) electrons. The number of likely N-dealkylation sites (N-methyl/N-ethyl adjacent to an activating group) is 1. The van der Waals surface area contributed by atoms with Crippen molar-refractivity contribution < 1.29 is 9.53 Å². The molecule has 0 fully saturated rings. The summed E-state index contributed by atoms with van der Waals surface area (Å²) in [6.45, 7) is 2.60. The van der Waals surface area contributed by atoms with E-state index in [9.17, 15) is 4.79 Å². The fourth-order valence-electron chi connectivity index (χ4n) is 3.23. The van der Waals surface area contributed by atoms with Crippen LogP contribution in [0, 0.1) is 0 Å². The lowest BCUT2D eigenvalue weighted by molar-refractivity contribution is -0.121. The van der Waals surface area contributed by atoms with E-state index in [1.807, 2.05) is 6.07 Å². The Hall–Kier alpha value is -2.05. The van der Waals surface area contributed by atoms with Crippen molar-refractivity contribution in [3.05, 3.63) is 29.5 Å². The normalized spacial score (nSPS) is 14.9. The van der Waals surface area contributed by atoms with Gasteiger partial charge in [-0.1, -0.05) is 0 Å². The van der Waals surface area contributed by atoms with Gasteiger partial charge in [-0.25, -0.2) is 5.84 Å². The van der Waals surface area contributed by atoms with Gasteiger partial charge in [0.15, 0.2) is 0 Å². The third-order valence-electron chi connectivity index (χ3n) is 4.38. The Kier molecular flexibility index (Phi) is 4.04. The summed E-state index contributed by atoms with van der Waals surface area (Å²) in [5.74, 6) is 5.91. The number of hydrogen-bond acceptors (Lipinski definition) is 4. The van der Waals surface area contributed by atoms with Gasteiger partial charge < -0.3 is 14.2 Å². The van der Waals surface area contributed by atoms with Crippen LogP contribution in [0.4, 0.5) is 0 Å². The molecule has 0 atom stereocenters. The first kappa shape index (κ1) is 14.9. The maximum absolute atomic E-state index is 11.5. The van der Waals surface area contributed by atoms with Crippen molar-refractivity contribution >= 4 is 16.8 Å². The van der Waals surface area contributed by atoms with Gasteiger partial charge in [0.2, 0.25) is 5.91 Å². The lowest BCUT2D eigenvalue weighted by Crippen LogP contribution is -2.31. The fourth-order valence-corrected chi connectivity index (χ4v) is 3.23. The van der Waals surface area contributed by atoms with Crippen LogP contribution in [0.2, 0.25) is 0 Å². The highest BCUT2D eigenvalue weighted by atomic mass is 16.5. The zero-order valence-corrected chi connectivity index (χ0v) is 13.1. The molecule has 22 heavy (non-hydrogen) atoms. The van der Waals surface area contributed by atoms with Crippen LogP contribution in [0.15, 0.2) is 18.2 Å². The van der Waals surface area contributed by atoms with Crippen LogP contribution in [-0.2, 0) is 24.3 Å². The number of methoxy groups -OCH3 is 1. The Bertz CT molecular complexity index is 708. The van der Waals surface area contributed by atoms with Gasteiger partial charge in [0.25, 0.3) is 0 Å². The van der Waals surface area contributed by atoms with Crippen molar-refractivity contribution in [3.63, 3.8) is 0 Å². The lowest BCUT2D eigenvalue weighted by Gasteiger charge is -2.24. The summed E-state index contributed by atoms with van der Waals surface area (Å²) >= 11 is 0. The number of carbonyl (C=O) groups is 1. The zero-order valence-electron chi connectivity index (χ0n) is 13.1. The topological polar surface area (TPSA) is 72.5 Å². The molecular formula is C16H22N4O2. The van der Waals surface area contributed by atoms with Gasteiger partial charge in [-0.15, -0.1) is 0 Å². The average molecular weight is 302 g/mol. The second-order valence-corrected chi connectivity index (χ2v) is 5.77. The smallest absolute Gasteiger partial charge is 0.235 e. The highest BCUT2D eigenvalue weighted by Crippen LogP contribution is 2.33. The highest BCUT2D eigenvalue weighted by Gasteiger charge is 2.22. The number of aryl methyl sites for hydroxylation is 1. The van der Waals surface area contributed by atoms with Crippen molar-refractivity contribution in [3.8, 4) is 5.75 Å². The van der Waals surface area contributed by atoms with E-state index in [1.54, 1.807) is 7.11 Å². The summed E-state index contributed by atoms with van der Waals surface area (Å²) in [4.78, 5) is 13.8. The van der Waals surface area contributed by atoms with Gasteiger partial charge in [-0.2, -0.15) is 0 Å². The standard InChI is InChI=1S/C16H22N4O2/c1-19-7-5-15-13(10-19)12-9-11(22-2)3-4-14(12)20(15)8-6-16(21)18-17/h3-4,9H,5-8,10,17H2,1-2H3,(H,18,21). The number of hydrogen-bond donors (Lipinski definition) is 2. The quantitative estimate of drug-likeness (QED) is 0.502. The van der Waals surface area contributed by atoms with Crippen LogP contribution in [0.25, 0.3) is 10.9 Å². The molecule has 3 N–H and O–H groups in total. The molecule has 1 amide bonds. The first-order chi connectivity index (χ1) is 10.6. The van der Waals surface area contributed by atoms with E-state index in [1.165, 1.54) is 16.6 Å². The van der Waals surface area contributed by atoms with E-state index in [4.69, 9.17) is 10.6 Å². The molecule has 0 aliphatic carbocycles. The predicted octanol–water partition coefficient (Wildman–Crippen LogP) is 1.02. The molecule has 2 heterocycles. The van der Waals surface area contributed by atoms with Crippen LogP contribution < -0.4 is 16.0 Å². The molecule has 3 rings (SSSR count). The minimum atomic E-state index is -0.142. The van der Waals surface area contributed by atoms with E-state index in [2.05, 4.69) is 34.1 Å². The van der Waals surface area contributed by atoms with Crippen LogP contribution in [0.1, 0.15) is 17.7 Å². The summed E-state index contributed by atoms with van der Waals surface area (Å²) in [7, 11) is 3.82. The van der Waals surface area contributed by atoms with Gasteiger partial charge in [-0.3, -0.25) is 10.2 Å². The van der Waals surface area contributed by atoms with Gasteiger partial charge in [-0.05, 0) is 30.8 Å². The molecule has 1 aliphatic rings. The molecule has 1 aromatic carbocycles. The van der Waals surface area contributed by atoms with Gasteiger partial charge in [0.05, 0.1) is 7.11 Å². The predicted molar refractivity (Wildman–Crippen MR) is 85.5 cm³/mol. The third-order valence-corrected chi connectivity index (χ3v) is 4.38. The van der Waals surface area contributed by atoms with E-state index in [0.29, 0.717) is 13.0 Å². The first-order valence-corrected chi connectivity index (χ1v) is 7.50. The second kappa shape index (κ2) is 5.98. The Morgan fingerprint density at radius 3 is 3.00 bits per heavy atom. The number of hydrazine groups is 1. The number of ether oxygens (including phenoxy) is 1.